The van der Waals surface area contributed by atoms with Crippen LogP contribution >= 0.6 is 0 Å². The van der Waals surface area contributed by atoms with Crippen LogP contribution in [0, 0.1) is 6.92 Å². The zero-order valence-electron chi connectivity index (χ0n) is 16.0. The van der Waals surface area contributed by atoms with Crippen molar-refractivity contribution in [2.45, 2.75) is 57.7 Å². The fourth-order valence-electron chi connectivity index (χ4n) is 4.39. The average Bonchev–Trinajstić information content (AvgIpc) is 3.25. The fraction of sp³-hybridized carbons (Fsp3) is 0.600. The molecule has 2 aliphatic rings. The van der Waals surface area contributed by atoms with Crippen molar-refractivity contribution in [3.8, 4) is 0 Å². The van der Waals surface area contributed by atoms with Crippen molar-refractivity contribution < 1.29 is 4.79 Å². The summed E-state index contributed by atoms with van der Waals surface area (Å²) in [5.41, 5.74) is 2.50. The first-order chi connectivity index (χ1) is 13.2. The zero-order chi connectivity index (χ0) is 18.6. The summed E-state index contributed by atoms with van der Waals surface area (Å²) in [7, 11) is 0. The Morgan fingerprint density at radius 1 is 1.19 bits per heavy atom. The molecular formula is C20H28N6O. The van der Waals surface area contributed by atoms with Crippen LogP contribution in [0.25, 0.3) is 0 Å². The minimum absolute atomic E-state index is 0.0992. The number of amides is 1. The maximum Gasteiger partial charge on any atom is 0.240 e. The molecule has 1 aromatic carbocycles. The number of tetrazole rings is 1. The van der Waals surface area contributed by atoms with Crippen LogP contribution in [0.1, 0.15) is 49.3 Å². The third-order valence-electron chi connectivity index (χ3n) is 5.79. The molecule has 2 aromatic rings. The molecule has 0 bridgehead atoms. The number of aryl methyl sites for hydroxylation is 1. The summed E-state index contributed by atoms with van der Waals surface area (Å²) in [6, 6.07) is 8.59. The van der Waals surface area contributed by atoms with Crippen molar-refractivity contribution in [1.29, 1.82) is 0 Å². The van der Waals surface area contributed by atoms with Crippen LogP contribution in [0.4, 0.5) is 0 Å². The van der Waals surface area contributed by atoms with Gasteiger partial charge < -0.3 is 4.90 Å². The van der Waals surface area contributed by atoms with Crippen LogP contribution in [0.15, 0.2) is 30.6 Å². The number of likely N-dealkylation sites (tertiary alicyclic amines) is 2. The first-order valence-electron chi connectivity index (χ1n) is 10.0. The molecule has 2 saturated heterocycles. The number of nitrogens with zero attached hydrogens (tertiary/aromatic N) is 6. The molecule has 2 aliphatic heterocycles. The number of hydrogen-bond donors (Lipinski definition) is 0. The second-order valence-electron chi connectivity index (χ2n) is 7.85. The lowest BCUT2D eigenvalue weighted by molar-refractivity contribution is -0.136. The molecule has 2 atom stereocenters. The van der Waals surface area contributed by atoms with E-state index >= 15 is 0 Å². The molecule has 0 saturated carbocycles. The van der Waals surface area contributed by atoms with E-state index in [-0.39, 0.29) is 18.0 Å². The van der Waals surface area contributed by atoms with Crippen molar-refractivity contribution in [3.05, 3.63) is 41.7 Å². The van der Waals surface area contributed by atoms with Crippen molar-refractivity contribution in [1.82, 2.24) is 30.0 Å². The normalized spacial score (nSPS) is 24.1. The lowest BCUT2D eigenvalue weighted by Gasteiger charge is -2.29. The number of rotatable bonds is 4. The highest BCUT2D eigenvalue weighted by Crippen LogP contribution is 2.30. The van der Waals surface area contributed by atoms with Crippen molar-refractivity contribution in [3.63, 3.8) is 0 Å². The number of carbonyl (C=O) groups excluding carboxylic acids is 1. The third kappa shape index (κ3) is 4.18. The Morgan fingerprint density at radius 3 is 2.70 bits per heavy atom. The molecule has 144 valence electrons. The molecule has 0 spiro atoms. The van der Waals surface area contributed by atoms with E-state index in [1.165, 1.54) is 24.0 Å². The average molecular weight is 368 g/mol. The SMILES string of the molecule is Cc1cccc(CN2C[C@@H](n3cnnn3)C[C@H]2C(=O)N2CCCCCC2)c1. The van der Waals surface area contributed by atoms with E-state index in [9.17, 15) is 4.79 Å². The Morgan fingerprint density at radius 2 is 2.00 bits per heavy atom. The van der Waals surface area contributed by atoms with Gasteiger partial charge in [0.1, 0.15) is 6.33 Å². The largest absolute Gasteiger partial charge is 0.341 e. The molecule has 1 amide bonds. The Bertz CT molecular complexity index is 754. The smallest absolute Gasteiger partial charge is 0.240 e. The molecule has 7 heteroatoms. The van der Waals surface area contributed by atoms with Gasteiger partial charge in [-0.1, -0.05) is 42.7 Å². The van der Waals surface area contributed by atoms with E-state index in [4.69, 9.17) is 0 Å². The number of aromatic nitrogens is 4. The molecule has 0 radical (unpaired) electrons. The monoisotopic (exact) mass is 368 g/mol. The van der Waals surface area contributed by atoms with Gasteiger partial charge in [-0.15, -0.1) is 5.10 Å². The van der Waals surface area contributed by atoms with Crippen LogP contribution in [0.3, 0.4) is 0 Å². The minimum atomic E-state index is -0.0992. The van der Waals surface area contributed by atoms with Crippen molar-refractivity contribution >= 4 is 5.91 Å². The van der Waals surface area contributed by atoms with E-state index in [2.05, 4.69) is 56.5 Å². The predicted molar refractivity (Wildman–Crippen MR) is 102 cm³/mol. The minimum Gasteiger partial charge on any atom is -0.341 e. The number of hydrogen-bond acceptors (Lipinski definition) is 5. The summed E-state index contributed by atoms with van der Waals surface area (Å²) in [6.07, 6.45) is 7.13. The van der Waals surface area contributed by atoms with Gasteiger partial charge >= 0.3 is 0 Å². The molecule has 0 unspecified atom stereocenters. The maximum absolute atomic E-state index is 13.4. The van der Waals surface area contributed by atoms with Gasteiger partial charge in [-0.2, -0.15) is 0 Å². The summed E-state index contributed by atoms with van der Waals surface area (Å²) in [5, 5.41) is 11.6. The van der Waals surface area contributed by atoms with Crippen LogP contribution in [-0.4, -0.2) is 61.6 Å². The lowest BCUT2D eigenvalue weighted by Crippen LogP contribution is -2.45. The fourth-order valence-corrected chi connectivity index (χ4v) is 4.39. The topological polar surface area (TPSA) is 67.2 Å². The lowest BCUT2D eigenvalue weighted by atomic mass is 10.1. The van der Waals surface area contributed by atoms with Gasteiger partial charge in [0.2, 0.25) is 5.91 Å². The Labute approximate surface area is 160 Å². The first-order valence-corrected chi connectivity index (χ1v) is 10.0. The first kappa shape index (κ1) is 18.1. The Balaban J connectivity index is 1.54. The summed E-state index contributed by atoms with van der Waals surface area (Å²) < 4.78 is 1.80. The maximum atomic E-state index is 13.4. The van der Waals surface area contributed by atoms with Gasteiger partial charge in [0, 0.05) is 26.2 Å². The summed E-state index contributed by atoms with van der Waals surface area (Å²) >= 11 is 0. The second kappa shape index (κ2) is 8.17. The molecule has 4 rings (SSSR count). The third-order valence-corrected chi connectivity index (χ3v) is 5.79. The molecule has 3 heterocycles. The highest BCUT2D eigenvalue weighted by atomic mass is 16.2. The van der Waals surface area contributed by atoms with Crippen LogP contribution < -0.4 is 0 Å². The Kier molecular flexibility index (Phi) is 5.48. The molecule has 1 aromatic heterocycles. The number of benzene rings is 1. The highest BCUT2D eigenvalue weighted by molar-refractivity contribution is 5.82. The van der Waals surface area contributed by atoms with Crippen LogP contribution in [0.2, 0.25) is 0 Å². The molecular weight excluding hydrogens is 340 g/mol. The molecule has 0 N–H and O–H groups in total. The summed E-state index contributed by atoms with van der Waals surface area (Å²) in [5.74, 6) is 0.278. The predicted octanol–water partition coefficient (Wildman–Crippen LogP) is 2.20. The Hall–Kier alpha value is -2.28. The highest BCUT2D eigenvalue weighted by Gasteiger charge is 2.40. The van der Waals surface area contributed by atoms with E-state index in [1.54, 1.807) is 11.0 Å². The van der Waals surface area contributed by atoms with E-state index in [1.807, 2.05) is 0 Å². The van der Waals surface area contributed by atoms with Gasteiger partial charge in [-0.25, -0.2) is 4.68 Å². The second-order valence-corrected chi connectivity index (χ2v) is 7.85. The van der Waals surface area contributed by atoms with Crippen molar-refractivity contribution in [2.24, 2.45) is 0 Å². The molecule has 2 fully saturated rings. The molecule has 7 nitrogen and oxygen atoms in total. The van der Waals surface area contributed by atoms with Crippen LogP contribution in [0.5, 0.6) is 0 Å². The molecule has 27 heavy (non-hydrogen) atoms. The number of carbonyl (C=O) groups is 1. The summed E-state index contributed by atoms with van der Waals surface area (Å²) in [4.78, 5) is 17.8. The van der Waals surface area contributed by atoms with E-state index in [0.717, 1.165) is 45.4 Å². The molecule has 0 aliphatic carbocycles. The van der Waals surface area contributed by atoms with Gasteiger partial charge in [-0.05, 0) is 42.2 Å². The zero-order valence-corrected chi connectivity index (χ0v) is 16.0. The quantitative estimate of drug-likeness (QED) is 0.828. The van der Waals surface area contributed by atoms with Gasteiger partial charge in [-0.3, -0.25) is 9.69 Å². The van der Waals surface area contributed by atoms with Gasteiger partial charge in [0.15, 0.2) is 0 Å². The standard InChI is InChI=1S/C20H28N6O/c1-16-7-6-8-17(11-16)13-25-14-18(26-15-21-22-23-26)12-19(25)20(27)24-9-4-2-3-5-10-24/h6-8,11,15,18-19H,2-5,9-10,12-14H2,1H3/t18-,19-/m0/s1. The van der Waals surface area contributed by atoms with Gasteiger partial charge in [0.05, 0.1) is 12.1 Å². The summed E-state index contributed by atoms with van der Waals surface area (Å²) in [6.45, 7) is 5.47. The van der Waals surface area contributed by atoms with Crippen LogP contribution in [-0.2, 0) is 11.3 Å². The van der Waals surface area contributed by atoms with Gasteiger partial charge in [0.25, 0.3) is 0 Å². The van der Waals surface area contributed by atoms with Crippen molar-refractivity contribution in [2.75, 3.05) is 19.6 Å². The van der Waals surface area contributed by atoms with E-state index in [0.29, 0.717) is 0 Å². The van der Waals surface area contributed by atoms with E-state index < -0.39 is 0 Å².